The van der Waals surface area contributed by atoms with Gasteiger partial charge in [-0.3, -0.25) is 4.79 Å². The molecule has 0 saturated heterocycles. The second-order valence-corrected chi connectivity index (χ2v) is 6.43. The van der Waals surface area contributed by atoms with Gasteiger partial charge in [0, 0.05) is 18.7 Å². The number of nitrogens with two attached hydrogens (primary N) is 1. The van der Waals surface area contributed by atoms with Crippen LogP contribution in [-0.4, -0.2) is 29.1 Å². The summed E-state index contributed by atoms with van der Waals surface area (Å²) < 4.78 is 5.16. The monoisotopic (exact) mass is 277 g/mol. The highest BCUT2D eigenvalue weighted by Crippen LogP contribution is 2.48. The van der Waals surface area contributed by atoms with Crippen molar-refractivity contribution < 1.29 is 9.32 Å². The number of rotatable bonds is 3. The Kier molecular flexibility index (Phi) is 3.32. The lowest BCUT2D eigenvalue weighted by molar-refractivity contribution is -0.137. The van der Waals surface area contributed by atoms with Crippen LogP contribution < -0.4 is 5.73 Å². The fraction of sp³-hybridized carbons (Fsp3) is 0.733. The number of carbonyl (C=O) groups is 1. The third kappa shape index (κ3) is 2.04. The van der Waals surface area contributed by atoms with E-state index in [1.807, 2.05) is 20.9 Å². The first kappa shape index (κ1) is 13.6. The number of hydrogen-bond donors (Lipinski definition) is 1. The minimum atomic E-state index is 0.0132. The van der Waals surface area contributed by atoms with E-state index < -0.39 is 0 Å². The summed E-state index contributed by atoms with van der Waals surface area (Å²) in [5, 5.41) is 3.94. The summed E-state index contributed by atoms with van der Waals surface area (Å²) in [6.45, 7) is 4.35. The van der Waals surface area contributed by atoms with Crippen LogP contribution in [0.4, 0.5) is 0 Å². The first-order valence-electron chi connectivity index (χ1n) is 7.41. The largest absolute Gasteiger partial charge is 0.361 e. The summed E-state index contributed by atoms with van der Waals surface area (Å²) in [6.07, 6.45) is 3.49. The Morgan fingerprint density at radius 2 is 2.10 bits per heavy atom. The summed E-state index contributed by atoms with van der Waals surface area (Å²) in [4.78, 5) is 14.5. The molecule has 2 fully saturated rings. The van der Waals surface area contributed by atoms with Gasteiger partial charge in [-0.25, -0.2) is 0 Å². The van der Waals surface area contributed by atoms with Gasteiger partial charge in [-0.2, -0.15) is 0 Å². The van der Waals surface area contributed by atoms with Crippen LogP contribution in [0.15, 0.2) is 4.52 Å². The molecule has 0 aliphatic heterocycles. The quantitative estimate of drug-likeness (QED) is 0.911. The van der Waals surface area contributed by atoms with Crippen LogP contribution in [0.1, 0.15) is 36.3 Å². The predicted molar refractivity (Wildman–Crippen MR) is 74.7 cm³/mol. The lowest BCUT2D eigenvalue weighted by Gasteiger charge is -2.30. The Balaban J connectivity index is 1.71. The van der Waals surface area contributed by atoms with E-state index in [0.29, 0.717) is 18.4 Å². The molecule has 0 spiro atoms. The van der Waals surface area contributed by atoms with Crippen LogP contribution in [0.5, 0.6) is 0 Å². The number of fused-ring (bicyclic) bond motifs is 2. The van der Waals surface area contributed by atoms with Crippen molar-refractivity contribution in [1.29, 1.82) is 0 Å². The molecule has 0 aromatic carbocycles. The van der Waals surface area contributed by atoms with Crippen molar-refractivity contribution in [3.05, 3.63) is 17.0 Å². The standard InChI is InChI=1S/C15H23N3O2/c1-8-12(9(2)20-17-8)7-18(3)15(19)13-10-4-5-11(6-10)14(13)16/h10-11,13-14H,4-7,16H2,1-3H3. The van der Waals surface area contributed by atoms with Crippen molar-refractivity contribution in [2.24, 2.45) is 23.5 Å². The van der Waals surface area contributed by atoms with E-state index in [1.54, 1.807) is 4.90 Å². The molecule has 2 bridgehead atoms. The SMILES string of the molecule is Cc1noc(C)c1CN(C)C(=O)C1C2CCC(C2)C1N. The second kappa shape index (κ2) is 4.88. The topological polar surface area (TPSA) is 72.4 Å². The van der Waals surface area contributed by atoms with Crippen LogP contribution in [-0.2, 0) is 11.3 Å². The van der Waals surface area contributed by atoms with Crippen molar-refractivity contribution in [3.63, 3.8) is 0 Å². The number of carbonyl (C=O) groups excluding carboxylic acids is 1. The maximum absolute atomic E-state index is 12.7. The minimum absolute atomic E-state index is 0.0132. The van der Waals surface area contributed by atoms with Crippen molar-refractivity contribution >= 4 is 5.91 Å². The van der Waals surface area contributed by atoms with E-state index in [2.05, 4.69) is 5.16 Å². The van der Waals surface area contributed by atoms with E-state index in [0.717, 1.165) is 29.9 Å². The number of aromatic nitrogens is 1. The normalized spacial score (nSPS) is 31.8. The van der Waals surface area contributed by atoms with Gasteiger partial charge in [0.15, 0.2) is 0 Å². The molecule has 2 aliphatic rings. The van der Waals surface area contributed by atoms with Crippen LogP contribution in [0, 0.1) is 31.6 Å². The van der Waals surface area contributed by atoms with E-state index in [1.165, 1.54) is 6.42 Å². The molecule has 20 heavy (non-hydrogen) atoms. The molecule has 3 rings (SSSR count). The Bertz CT molecular complexity index is 504. The van der Waals surface area contributed by atoms with Gasteiger partial charge in [-0.1, -0.05) is 5.16 Å². The summed E-state index contributed by atoms with van der Waals surface area (Å²) in [7, 11) is 1.85. The van der Waals surface area contributed by atoms with Gasteiger partial charge >= 0.3 is 0 Å². The number of nitrogens with zero attached hydrogens (tertiary/aromatic N) is 2. The maximum atomic E-state index is 12.7. The highest BCUT2D eigenvalue weighted by molar-refractivity contribution is 5.80. The van der Waals surface area contributed by atoms with Gasteiger partial charge in [0.05, 0.1) is 18.2 Å². The molecule has 2 N–H and O–H groups in total. The average molecular weight is 277 g/mol. The Morgan fingerprint density at radius 1 is 1.40 bits per heavy atom. The van der Waals surface area contributed by atoms with Crippen LogP contribution in [0.2, 0.25) is 0 Å². The number of hydrogen-bond acceptors (Lipinski definition) is 4. The van der Waals surface area contributed by atoms with Crippen LogP contribution in [0.3, 0.4) is 0 Å². The zero-order valence-corrected chi connectivity index (χ0v) is 12.4. The Labute approximate surface area is 119 Å². The molecule has 5 nitrogen and oxygen atoms in total. The maximum Gasteiger partial charge on any atom is 0.227 e. The summed E-state index contributed by atoms with van der Waals surface area (Å²) >= 11 is 0. The molecule has 2 saturated carbocycles. The van der Waals surface area contributed by atoms with Gasteiger partial charge in [0.2, 0.25) is 5.91 Å². The Morgan fingerprint density at radius 3 is 2.65 bits per heavy atom. The van der Waals surface area contributed by atoms with Crippen molar-refractivity contribution in [1.82, 2.24) is 10.1 Å². The Hall–Kier alpha value is -1.36. The van der Waals surface area contributed by atoms with Crippen molar-refractivity contribution in [2.75, 3.05) is 7.05 Å². The smallest absolute Gasteiger partial charge is 0.227 e. The third-order valence-corrected chi connectivity index (χ3v) is 5.22. The van der Waals surface area contributed by atoms with E-state index >= 15 is 0 Å². The lowest BCUT2D eigenvalue weighted by Crippen LogP contribution is -2.45. The molecule has 5 heteroatoms. The highest BCUT2D eigenvalue weighted by atomic mass is 16.5. The van der Waals surface area contributed by atoms with E-state index in [9.17, 15) is 4.79 Å². The van der Waals surface area contributed by atoms with E-state index in [-0.39, 0.29) is 17.9 Å². The lowest BCUT2D eigenvalue weighted by atomic mass is 9.84. The second-order valence-electron chi connectivity index (χ2n) is 6.43. The molecule has 1 heterocycles. The van der Waals surface area contributed by atoms with Gasteiger partial charge in [0.25, 0.3) is 0 Å². The van der Waals surface area contributed by atoms with Gasteiger partial charge in [-0.15, -0.1) is 0 Å². The van der Waals surface area contributed by atoms with Crippen LogP contribution >= 0.6 is 0 Å². The van der Waals surface area contributed by atoms with Gasteiger partial charge in [0.1, 0.15) is 5.76 Å². The first-order chi connectivity index (χ1) is 9.49. The molecule has 4 atom stereocenters. The first-order valence-corrected chi connectivity index (χ1v) is 7.41. The minimum Gasteiger partial charge on any atom is -0.361 e. The third-order valence-electron chi connectivity index (χ3n) is 5.22. The fourth-order valence-electron chi connectivity index (χ4n) is 4.00. The zero-order chi connectivity index (χ0) is 14.4. The number of amides is 1. The van der Waals surface area contributed by atoms with Crippen LogP contribution in [0.25, 0.3) is 0 Å². The molecular formula is C15H23N3O2. The molecular weight excluding hydrogens is 254 g/mol. The highest BCUT2D eigenvalue weighted by Gasteiger charge is 2.49. The molecule has 1 amide bonds. The summed E-state index contributed by atoms with van der Waals surface area (Å²) in [5.74, 6) is 2.04. The van der Waals surface area contributed by atoms with E-state index in [4.69, 9.17) is 10.3 Å². The molecule has 1 aromatic rings. The predicted octanol–water partition coefficient (Wildman–Crippen LogP) is 1.62. The summed E-state index contributed by atoms with van der Waals surface area (Å²) in [5.41, 5.74) is 8.13. The molecule has 110 valence electrons. The van der Waals surface area contributed by atoms with Crippen molar-refractivity contribution in [2.45, 2.75) is 45.7 Å². The molecule has 2 aliphatic carbocycles. The number of aryl methyl sites for hydroxylation is 2. The molecule has 1 aromatic heterocycles. The van der Waals surface area contributed by atoms with Gasteiger partial charge in [-0.05, 0) is 44.9 Å². The zero-order valence-electron chi connectivity index (χ0n) is 12.4. The average Bonchev–Trinajstić information content (AvgIpc) is 3.08. The molecule has 0 radical (unpaired) electrons. The van der Waals surface area contributed by atoms with Gasteiger partial charge < -0.3 is 15.2 Å². The van der Waals surface area contributed by atoms with Crippen molar-refractivity contribution in [3.8, 4) is 0 Å². The molecule has 4 unspecified atom stereocenters. The fourth-order valence-corrected chi connectivity index (χ4v) is 4.00. The summed E-state index contributed by atoms with van der Waals surface area (Å²) in [6, 6.07) is 0.0494.